The van der Waals surface area contributed by atoms with Crippen molar-refractivity contribution in [3.63, 3.8) is 0 Å². The van der Waals surface area contributed by atoms with Gasteiger partial charge in [0.05, 0.1) is 5.69 Å². The summed E-state index contributed by atoms with van der Waals surface area (Å²) in [7, 11) is -1.50. The van der Waals surface area contributed by atoms with Gasteiger partial charge in [-0.2, -0.15) is 0 Å². The van der Waals surface area contributed by atoms with E-state index in [-0.39, 0.29) is 0 Å². The molecule has 0 aliphatic rings. The minimum atomic E-state index is -1.50. The maximum absolute atomic E-state index is 9.63. The molecule has 6 rings (SSSR count). The monoisotopic (exact) mass is 465 g/mol. The highest BCUT2D eigenvalue weighted by Gasteiger charge is 2.19. The molecule has 0 aliphatic heterocycles. The topological polar surface area (TPSA) is 43.7 Å². The molecular weight excluding hydrogens is 441 g/mol. The summed E-state index contributed by atoms with van der Waals surface area (Å²) in [6, 6.07) is 45.5. The van der Waals surface area contributed by atoms with Crippen LogP contribution >= 0.6 is 0 Å². The van der Waals surface area contributed by atoms with E-state index in [9.17, 15) is 10.0 Å². The van der Waals surface area contributed by atoms with Gasteiger partial charge in [0.25, 0.3) is 0 Å². The molecular formula is C32H24BNO2. The summed E-state index contributed by atoms with van der Waals surface area (Å²) in [5.41, 5.74) is 5.71. The van der Waals surface area contributed by atoms with Gasteiger partial charge in [0, 0.05) is 16.9 Å². The number of hydrogen-bond acceptors (Lipinski definition) is 3. The maximum atomic E-state index is 9.63. The molecule has 0 spiro atoms. The molecule has 0 heterocycles. The Morgan fingerprint density at radius 1 is 0.500 bits per heavy atom. The highest BCUT2D eigenvalue weighted by Crippen LogP contribution is 2.41. The Labute approximate surface area is 210 Å². The van der Waals surface area contributed by atoms with Gasteiger partial charge in [0.2, 0.25) is 0 Å². The van der Waals surface area contributed by atoms with Crippen LogP contribution in [0.3, 0.4) is 0 Å². The van der Waals surface area contributed by atoms with Crippen molar-refractivity contribution in [2.45, 2.75) is 0 Å². The Kier molecular flexibility index (Phi) is 5.74. The van der Waals surface area contributed by atoms with Gasteiger partial charge in [-0.3, -0.25) is 0 Å². The molecule has 172 valence electrons. The molecule has 6 aromatic carbocycles. The van der Waals surface area contributed by atoms with Gasteiger partial charge < -0.3 is 14.9 Å². The first-order chi connectivity index (χ1) is 17.7. The van der Waals surface area contributed by atoms with Crippen molar-refractivity contribution >= 4 is 51.2 Å². The van der Waals surface area contributed by atoms with Crippen molar-refractivity contribution in [2.24, 2.45) is 0 Å². The van der Waals surface area contributed by atoms with Crippen molar-refractivity contribution in [2.75, 3.05) is 4.90 Å². The summed E-state index contributed by atoms with van der Waals surface area (Å²) in [5, 5.41) is 24.1. The van der Waals surface area contributed by atoms with Crippen LogP contribution in [-0.2, 0) is 0 Å². The molecule has 4 heteroatoms. The number of fused-ring (bicyclic) bond motifs is 3. The van der Waals surface area contributed by atoms with E-state index in [1.54, 1.807) is 12.1 Å². The lowest BCUT2D eigenvalue weighted by Gasteiger charge is -2.28. The van der Waals surface area contributed by atoms with Gasteiger partial charge in [0.15, 0.2) is 0 Å². The third-order valence-corrected chi connectivity index (χ3v) is 6.67. The number of nitrogens with zero attached hydrogens (tertiary/aromatic N) is 1. The third-order valence-electron chi connectivity index (χ3n) is 6.67. The first-order valence-electron chi connectivity index (χ1n) is 12.0. The molecule has 0 aromatic heterocycles. The van der Waals surface area contributed by atoms with Crippen LogP contribution in [0.5, 0.6) is 0 Å². The van der Waals surface area contributed by atoms with E-state index in [4.69, 9.17) is 0 Å². The molecule has 36 heavy (non-hydrogen) atoms. The van der Waals surface area contributed by atoms with Gasteiger partial charge in [-0.05, 0) is 62.9 Å². The van der Waals surface area contributed by atoms with Crippen LogP contribution in [0, 0.1) is 0 Å². The predicted octanol–water partition coefficient (Wildman–Crippen LogP) is 6.81. The van der Waals surface area contributed by atoms with E-state index >= 15 is 0 Å². The molecule has 0 fully saturated rings. The SMILES string of the molecule is OB(O)c1ccc(N(c2ccc3c(ccc4ccccc43)c2)c2ccccc2-c2ccccc2)cc1. The zero-order valence-corrected chi connectivity index (χ0v) is 19.6. The van der Waals surface area contributed by atoms with Gasteiger partial charge in [-0.15, -0.1) is 0 Å². The van der Waals surface area contributed by atoms with Gasteiger partial charge in [-0.25, -0.2) is 0 Å². The smallest absolute Gasteiger partial charge is 0.423 e. The minimum absolute atomic E-state index is 0.458. The largest absolute Gasteiger partial charge is 0.488 e. The van der Waals surface area contributed by atoms with Crippen LogP contribution in [0.2, 0.25) is 0 Å². The van der Waals surface area contributed by atoms with Crippen LogP contribution in [0.15, 0.2) is 133 Å². The number of anilines is 3. The molecule has 0 amide bonds. The summed E-state index contributed by atoms with van der Waals surface area (Å²) in [4.78, 5) is 2.23. The third kappa shape index (κ3) is 4.03. The molecule has 0 aliphatic carbocycles. The fourth-order valence-electron chi connectivity index (χ4n) is 4.89. The zero-order chi connectivity index (χ0) is 24.5. The fourth-order valence-corrected chi connectivity index (χ4v) is 4.89. The highest BCUT2D eigenvalue weighted by atomic mass is 16.4. The highest BCUT2D eigenvalue weighted by molar-refractivity contribution is 6.58. The molecule has 0 saturated heterocycles. The number of hydrogen-bond donors (Lipinski definition) is 2. The molecule has 0 radical (unpaired) electrons. The minimum Gasteiger partial charge on any atom is -0.423 e. The molecule has 2 N–H and O–H groups in total. The summed E-state index contributed by atoms with van der Waals surface area (Å²) in [6.45, 7) is 0. The van der Waals surface area contributed by atoms with E-state index in [1.165, 1.54) is 16.2 Å². The standard InChI is InChI=1S/C32H24BNO2/c35-33(36)26-16-18-27(19-17-26)34(32-13-7-6-12-31(32)23-8-2-1-3-9-23)28-20-21-30-25(22-28)15-14-24-10-4-5-11-29(24)30/h1-22,35-36H. The average Bonchev–Trinajstić information content (AvgIpc) is 2.94. The Bertz CT molecular complexity index is 1660. The second kappa shape index (κ2) is 9.35. The number of rotatable bonds is 5. The molecule has 3 nitrogen and oxygen atoms in total. The van der Waals surface area contributed by atoms with Crippen LogP contribution in [-0.4, -0.2) is 17.2 Å². The van der Waals surface area contributed by atoms with Gasteiger partial charge in [0.1, 0.15) is 0 Å². The lowest BCUT2D eigenvalue weighted by Crippen LogP contribution is -2.29. The van der Waals surface area contributed by atoms with Crippen molar-refractivity contribution in [1.82, 2.24) is 0 Å². The molecule has 0 bridgehead atoms. The second-order valence-electron chi connectivity index (χ2n) is 8.88. The van der Waals surface area contributed by atoms with Gasteiger partial charge in [-0.1, -0.05) is 103 Å². The summed E-state index contributed by atoms with van der Waals surface area (Å²) in [5.74, 6) is 0. The number of benzene rings is 6. The van der Waals surface area contributed by atoms with Crippen molar-refractivity contribution < 1.29 is 10.0 Å². The average molecular weight is 465 g/mol. The predicted molar refractivity (Wildman–Crippen MR) is 151 cm³/mol. The summed E-state index contributed by atoms with van der Waals surface area (Å²) >= 11 is 0. The second-order valence-corrected chi connectivity index (χ2v) is 8.88. The Morgan fingerprint density at radius 3 is 1.94 bits per heavy atom. The fraction of sp³-hybridized carbons (Fsp3) is 0. The summed E-state index contributed by atoms with van der Waals surface area (Å²) in [6.07, 6.45) is 0. The van der Waals surface area contributed by atoms with E-state index in [2.05, 4.69) is 108 Å². The lowest BCUT2D eigenvalue weighted by atomic mass is 9.80. The Morgan fingerprint density at radius 2 is 1.14 bits per heavy atom. The molecule has 0 atom stereocenters. The Hall–Kier alpha value is -4.38. The van der Waals surface area contributed by atoms with Crippen LogP contribution in [0.4, 0.5) is 17.1 Å². The quantitative estimate of drug-likeness (QED) is 0.217. The normalized spacial score (nSPS) is 11.1. The summed E-state index contributed by atoms with van der Waals surface area (Å²) < 4.78 is 0. The molecule has 6 aromatic rings. The van der Waals surface area contributed by atoms with Crippen LogP contribution < -0.4 is 10.4 Å². The van der Waals surface area contributed by atoms with Crippen molar-refractivity contribution in [3.05, 3.63) is 133 Å². The lowest BCUT2D eigenvalue weighted by molar-refractivity contribution is 0.426. The van der Waals surface area contributed by atoms with E-state index < -0.39 is 7.12 Å². The Balaban J connectivity index is 1.57. The zero-order valence-electron chi connectivity index (χ0n) is 19.6. The van der Waals surface area contributed by atoms with Crippen molar-refractivity contribution in [3.8, 4) is 11.1 Å². The van der Waals surface area contributed by atoms with E-state index in [1.807, 2.05) is 18.2 Å². The first-order valence-corrected chi connectivity index (χ1v) is 12.0. The first kappa shape index (κ1) is 22.1. The molecule has 0 saturated carbocycles. The molecule has 0 unspecified atom stereocenters. The maximum Gasteiger partial charge on any atom is 0.488 e. The van der Waals surface area contributed by atoms with Crippen LogP contribution in [0.25, 0.3) is 32.7 Å². The van der Waals surface area contributed by atoms with Crippen molar-refractivity contribution in [1.29, 1.82) is 0 Å². The van der Waals surface area contributed by atoms with Gasteiger partial charge >= 0.3 is 7.12 Å². The number of para-hydroxylation sites is 1. The van der Waals surface area contributed by atoms with Crippen LogP contribution in [0.1, 0.15) is 0 Å². The van der Waals surface area contributed by atoms with E-state index in [0.29, 0.717) is 5.46 Å². The van der Waals surface area contributed by atoms with E-state index in [0.717, 1.165) is 33.6 Å².